The number of nitrogens with one attached hydrogen (secondary N) is 2. The van der Waals surface area contributed by atoms with Crippen LogP contribution >= 0.6 is 23.8 Å². The number of hydrogen-bond acceptors (Lipinski definition) is 2. The van der Waals surface area contributed by atoms with E-state index >= 15 is 0 Å². The maximum Gasteiger partial charge on any atom is 0.171 e. The van der Waals surface area contributed by atoms with Gasteiger partial charge in [0.1, 0.15) is 5.75 Å². The maximum atomic E-state index is 6.08. The number of methoxy groups -OCH3 is 1. The maximum absolute atomic E-state index is 6.08. The minimum atomic E-state index is 0.551. The van der Waals surface area contributed by atoms with Crippen LogP contribution in [0.15, 0.2) is 48.5 Å². The van der Waals surface area contributed by atoms with Crippen LogP contribution in [0.4, 0.5) is 5.69 Å². The fraction of sp³-hybridized carbons (Fsp3) is 0.133. The first-order valence-electron chi connectivity index (χ1n) is 6.11. The summed E-state index contributed by atoms with van der Waals surface area (Å²) in [6.45, 7) is 0.585. The molecular formula is C15H15ClN2OS. The smallest absolute Gasteiger partial charge is 0.171 e. The number of halogens is 1. The van der Waals surface area contributed by atoms with Crippen LogP contribution in [0.5, 0.6) is 5.75 Å². The molecule has 0 aromatic heterocycles. The van der Waals surface area contributed by atoms with Gasteiger partial charge in [-0.3, -0.25) is 0 Å². The van der Waals surface area contributed by atoms with Crippen LogP contribution in [0.25, 0.3) is 0 Å². The van der Waals surface area contributed by atoms with Crippen LogP contribution in [0, 0.1) is 0 Å². The van der Waals surface area contributed by atoms with Crippen molar-refractivity contribution in [1.29, 1.82) is 0 Å². The topological polar surface area (TPSA) is 33.3 Å². The molecule has 20 heavy (non-hydrogen) atoms. The lowest BCUT2D eigenvalue weighted by Crippen LogP contribution is -2.27. The quantitative estimate of drug-likeness (QED) is 0.841. The van der Waals surface area contributed by atoms with Crippen molar-refractivity contribution in [2.75, 3.05) is 12.4 Å². The fourth-order valence-electron chi connectivity index (χ4n) is 1.67. The zero-order chi connectivity index (χ0) is 14.4. The number of benzene rings is 2. The number of ether oxygens (including phenoxy) is 1. The summed E-state index contributed by atoms with van der Waals surface area (Å²) in [6, 6.07) is 15.2. The van der Waals surface area contributed by atoms with Crippen molar-refractivity contribution >= 4 is 34.6 Å². The van der Waals surface area contributed by atoms with E-state index in [0.29, 0.717) is 11.7 Å². The first kappa shape index (κ1) is 14.6. The van der Waals surface area contributed by atoms with E-state index in [4.69, 9.17) is 28.6 Å². The Morgan fingerprint density at radius 1 is 1.15 bits per heavy atom. The molecule has 0 spiro atoms. The van der Waals surface area contributed by atoms with E-state index in [2.05, 4.69) is 10.6 Å². The number of anilines is 1. The fourth-order valence-corrected chi connectivity index (χ4v) is 2.06. The number of thiocarbonyl (C=S) groups is 1. The average molecular weight is 307 g/mol. The van der Waals surface area contributed by atoms with Gasteiger partial charge in [-0.05, 0) is 48.1 Å². The predicted molar refractivity (Wildman–Crippen MR) is 87.5 cm³/mol. The van der Waals surface area contributed by atoms with Crippen LogP contribution < -0.4 is 15.4 Å². The highest BCUT2D eigenvalue weighted by molar-refractivity contribution is 7.80. The highest BCUT2D eigenvalue weighted by Gasteiger charge is 2.01. The third kappa shape index (κ3) is 4.11. The zero-order valence-corrected chi connectivity index (χ0v) is 12.6. The molecule has 5 heteroatoms. The van der Waals surface area contributed by atoms with Crippen molar-refractivity contribution in [1.82, 2.24) is 5.32 Å². The second-order valence-corrected chi connectivity index (χ2v) is 4.94. The molecular weight excluding hydrogens is 292 g/mol. The van der Waals surface area contributed by atoms with Gasteiger partial charge in [0.2, 0.25) is 0 Å². The first-order chi connectivity index (χ1) is 9.69. The largest absolute Gasteiger partial charge is 0.497 e. The normalized spacial score (nSPS) is 9.90. The summed E-state index contributed by atoms with van der Waals surface area (Å²) in [5.41, 5.74) is 1.91. The molecule has 2 aromatic carbocycles. The van der Waals surface area contributed by atoms with E-state index < -0.39 is 0 Å². The zero-order valence-electron chi connectivity index (χ0n) is 11.0. The summed E-state index contributed by atoms with van der Waals surface area (Å²) in [6.07, 6.45) is 0. The molecule has 0 radical (unpaired) electrons. The third-order valence-electron chi connectivity index (χ3n) is 2.75. The third-order valence-corrected chi connectivity index (χ3v) is 3.36. The molecule has 0 aliphatic carbocycles. The van der Waals surface area contributed by atoms with Crippen LogP contribution in [0.1, 0.15) is 5.56 Å². The summed E-state index contributed by atoms with van der Waals surface area (Å²) >= 11 is 11.3. The van der Waals surface area contributed by atoms with Crippen LogP contribution in [-0.4, -0.2) is 12.2 Å². The van der Waals surface area contributed by atoms with Crippen molar-refractivity contribution in [2.24, 2.45) is 0 Å². The van der Waals surface area contributed by atoms with Crippen LogP contribution in [-0.2, 0) is 6.54 Å². The Labute approximate surface area is 128 Å². The summed E-state index contributed by atoms with van der Waals surface area (Å²) < 4.78 is 5.10. The van der Waals surface area contributed by atoms with Gasteiger partial charge in [-0.1, -0.05) is 29.8 Å². The summed E-state index contributed by atoms with van der Waals surface area (Å²) in [5, 5.41) is 7.51. The molecule has 3 nitrogen and oxygen atoms in total. The molecule has 0 heterocycles. The van der Waals surface area contributed by atoms with E-state index in [9.17, 15) is 0 Å². The highest BCUT2D eigenvalue weighted by Crippen LogP contribution is 2.16. The van der Waals surface area contributed by atoms with Gasteiger partial charge in [-0.2, -0.15) is 0 Å². The Morgan fingerprint density at radius 3 is 2.50 bits per heavy atom. The molecule has 0 unspecified atom stereocenters. The summed E-state index contributed by atoms with van der Waals surface area (Å²) in [4.78, 5) is 0. The van der Waals surface area contributed by atoms with E-state index in [-0.39, 0.29) is 0 Å². The van der Waals surface area contributed by atoms with Crippen molar-refractivity contribution in [3.05, 3.63) is 59.1 Å². The highest BCUT2D eigenvalue weighted by atomic mass is 35.5. The molecule has 104 valence electrons. The summed E-state index contributed by atoms with van der Waals surface area (Å²) in [7, 11) is 1.64. The van der Waals surface area contributed by atoms with Crippen molar-refractivity contribution in [3.8, 4) is 5.75 Å². The van der Waals surface area contributed by atoms with Gasteiger partial charge in [0.25, 0.3) is 0 Å². The van der Waals surface area contributed by atoms with Gasteiger partial charge in [-0.25, -0.2) is 0 Å². The Bertz CT molecular complexity index is 587. The van der Waals surface area contributed by atoms with E-state index in [1.807, 2.05) is 48.5 Å². The van der Waals surface area contributed by atoms with Gasteiger partial charge in [-0.15, -0.1) is 0 Å². The second-order valence-electron chi connectivity index (χ2n) is 4.13. The van der Waals surface area contributed by atoms with Gasteiger partial charge in [0.15, 0.2) is 5.11 Å². The van der Waals surface area contributed by atoms with E-state index in [0.717, 1.165) is 22.0 Å². The molecule has 0 atom stereocenters. The van der Waals surface area contributed by atoms with Gasteiger partial charge in [0.05, 0.1) is 7.11 Å². The van der Waals surface area contributed by atoms with Gasteiger partial charge < -0.3 is 15.4 Å². The Morgan fingerprint density at radius 2 is 1.85 bits per heavy atom. The molecule has 0 saturated carbocycles. The molecule has 0 fully saturated rings. The number of hydrogen-bond donors (Lipinski definition) is 2. The average Bonchev–Trinajstić information content (AvgIpc) is 2.47. The van der Waals surface area contributed by atoms with Gasteiger partial charge >= 0.3 is 0 Å². The molecule has 0 bridgehead atoms. The minimum absolute atomic E-state index is 0.551. The Hall–Kier alpha value is -1.78. The van der Waals surface area contributed by atoms with Crippen molar-refractivity contribution < 1.29 is 4.74 Å². The first-order valence-corrected chi connectivity index (χ1v) is 6.90. The minimum Gasteiger partial charge on any atom is -0.497 e. The molecule has 0 aliphatic heterocycles. The van der Waals surface area contributed by atoms with E-state index in [1.54, 1.807) is 7.11 Å². The van der Waals surface area contributed by atoms with Crippen molar-refractivity contribution in [3.63, 3.8) is 0 Å². The lowest BCUT2D eigenvalue weighted by atomic mass is 10.2. The van der Waals surface area contributed by atoms with E-state index in [1.165, 1.54) is 0 Å². The Balaban J connectivity index is 1.87. The lowest BCUT2D eigenvalue weighted by molar-refractivity contribution is 0.415. The molecule has 2 rings (SSSR count). The Kier molecular flexibility index (Phi) is 5.21. The van der Waals surface area contributed by atoms with Crippen LogP contribution in [0.3, 0.4) is 0 Å². The molecule has 2 N–H and O–H groups in total. The summed E-state index contributed by atoms with van der Waals surface area (Å²) in [5.74, 6) is 0.811. The SMILES string of the molecule is COc1ccc(NC(=S)NCc2ccccc2Cl)cc1. The second kappa shape index (κ2) is 7.12. The monoisotopic (exact) mass is 306 g/mol. The molecule has 0 aliphatic rings. The molecule has 0 saturated heterocycles. The molecule has 2 aromatic rings. The van der Waals surface area contributed by atoms with Crippen LogP contribution in [0.2, 0.25) is 5.02 Å². The lowest BCUT2D eigenvalue weighted by Gasteiger charge is -2.11. The standard InChI is InChI=1S/C15H15ClN2OS/c1-19-13-8-6-12(7-9-13)18-15(20)17-10-11-4-2-3-5-14(11)16/h2-9H,10H2,1H3,(H2,17,18,20). The predicted octanol–water partition coefficient (Wildman–Crippen LogP) is 3.84. The number of rotatable bonds is 4. The molecule has 0 amide bonds. The van der Waals surface area contributed by atoms with Crippen molar-refractivity contribution in [2.45, 2.75) is 6.54 Å². The van der Waals surface area contributed by atoms with Gasteiger partial charge in [0, 0.05) is 17.3 Å².